The van der Waals surface area contributed by atoms with Crippen LogP contribution in [0.2, 0.25) is 10.0 Å². The Morgan fingerprint density at radius 3 is 2.76 bits per heavy atom. The van der Waals surface area contributed by atoms with Gasteiger partial charge in [-0.25, -0.2) is 0 Å². The lowest BCUT2D eigenvalue weighted by molar-refractivity contribution is 0.102. The Morgan fingerprint density at radius 1 is 1.20 bits per heavy atom. The first kappa shape index (κ1) is 16.2. The topological polar surface area (TPSA) is 51.1 Å². The molecule has 4 nitrogen and oxygen atoms in total. The highest BCUT2D eigenvalue weighted by molar-refractivity contribution is 6.44. The van der Waals surface area contributed by atoms with Gasteiger partial charge < -0.3 is 9.88 Å². The molecule has 0 bridgehead atoms. The molecule has 0 aliphatic carbocycles. The van der Waals surface area contributed by atoms with Crippen molar-refractivity contribution in [3.8, 4) is 0 Å². The second-order valence-corrected chi connectivity index (χ2v) is 6.99. The van der Waals surface area contributed by atoms with Crippen LogP contribution in [0.5, 0.6) is 0 Å². The molecule has 1 N–H and O–H groups in total. The molecule has 1 unspecified atom stereocenters. The molecule has 3 aromatic rings. The van der Waals surface area contributed by atoms with E-state index in [1.807, 2.05) is 16.7 Å². The molecule has 1 atom stereocenters. The summed E-state index contributed by atoms with van der Waals surface area (Å²) >= 11 is 12.1. The zero-order valence-electron chi connectivity index (χ0n) is 13.3. The molecular formula is C19H14Cl2N2O2. The predicted octanol–water partition coefficient (Wildman–Crippen LogP) is 4.68. The summed E-state index contributed by atoms with van der Waals surface area (Å²) in [6.45, 7) is 2.07. The van der Waals surface area contributed by atoms with Gasteiger partial charge in [0.15, 0.2) is 0 Å². The minimum atomic E-state index is -0.496. The molecule has 0 radical (unpaired) electrons. The van der Waals surface area contributed by atoms with E-state index in [9.17, 15) is 9.59 Å². The summed E-state index contributed by atoms with van der Waals surface area (Å²) in [6, 6.07) is 10.8. The number of halogens is 2. The quantitative estimate of drug-likeness (QED) is 0.709. The lowest BCUT2D eigenvalue weighted by Gasteiger charge is -2.13. The van der Waals surface area contributed by atoms with Gasteiger partial charge in [-0.3, -0.25) is 9.59 Å². The maximum absolute atomic E-state index is 12.8. The summed E-state index contributed by atoms with van der Waals surface area (Å²) in [4.78, 5) is 25.5. The second-order valence-electron chi connectivity index (χ2n) is 6.20. The van der Waals surface area contributed by atoms with Crippen LogP contribution in [0.15, 0.2) is 47.4 Å². The highest BCUT2D eigenvalue weighted by Gasteiger charge is 2.24. The van der Waals surface area contributed by atoms with Crippen LogP contribution in [0.3, 0.4) is 0 Å². The number of amides is 1. The fourth-order valence-corrected chi connectivity index (χ4v) is 3.72. The number of hydrogen-bond donors (Lipinski definition) is 1. The van der Waals surface area contributed by atoms with Crippen molar-refractivity contribution in [2.24, 2.45) is 0 Å². The predicted molar refractivity (Wildman–Crippen MR) is 101 cm³/mol. The molecule has 1 aromatic heterocycles. The third-order valence-corrected chi connectivity index (χ3v) is 5.39. The van der Waals surface area contributed by atoms with Crippen LogP contribution in [-0.2, 0) is 6.42 Å². The lowest BCUT2D eigenvalue weighted by atomic mass is 10.1. The number of carbonyl (C=O) groups is 1. The van der Waals surface area contributed by atoms with E-state index in [0.29, 0.717) is 16.1 Å². The van der Waals surface area contributed by atoms with E-state index in [-0.39, 0.29) is 22.1 Å². The van der Waals surface area contributed by atoms with Gasteiger partial charge in [0.2, 0.25) is 5.43 Å². The third kappa shape index (κ3) is 2.53. The number of anilines is 1. The second kappa shape index (κ2) is 5.90. The first-order valence-corrected chi connectivity index (χ1v) is 8.65. The van der Waals surface area contributed by atoms with Crippen LogP contribution < -0.4 is 10.7 Å². The third-order valence-electron chi connectivity index (χ3n) is 4.57. The number of pyridine rings is 1. The molecule has 0 saturated heterocycles. The number of benzene rings is 2. The largest absolute Gasteiger partial charge is 0.343 e. The van der Waals surface area contributed by atoms with E-state index in [0.717, 1.165) is 17.5 Å². The van der Waals surface area contributed by atoms with Gasteiger partial charge in [-0.1, -0.05) is 41.4 Å². The van der Waals surface area contributed by atoms with Crippen LogP contribution in [-0.4, -0.2) is 10.5 Å². The molecule has 2 heterocycles. The van der Waals surface area contributed by atoms with Crippen molar-refractivity contribution in [2.45, 2.75) is 19.4 Å². The summed E-state index contributed by atoms with van der Waals surface area (Å²) in [5, 5.41) is 3.84. The van der Waals surface area contributed by atoms with Crippen LogP contribution >= 0.6 is 23.2 Å². The number of nitrogens with zero attached hydrogens (tertiary/aromatic N) is 1. The number of aromatic nitrogens is 1. The van der Waals surface area contributed by atoms with Crippen molar-refractivity contribution in [1.82, 2.24) is 4.57 Å². The first-order valence-electron chi connectivity index (χ1n) is 7.89. The van der Waals surface area contributed by atoms with Crippen molar-refractivity contribution >= 4 is 45.7 Å². The molecule has 0 fully saturated rings. The smallest absolute Gasteiger partial charge is 0.261 e. The van der Waals surface area contributed by atoms with Gasteiger partial charge in [-0.15, -0.1) is 0 Å². The zero-order chi connectivity index (χ0) is 17.7. The molecule has 25 heavy (non-hydrogen) atoms. The van der Waals surface area contributed by atoms with Crippen molar-refractivity contribution in [2.75, 3.05) is 5.32 Å². The first-order chi connectivity index (χ1) is 12.0. The lowest BCUT2D eigenvalue weighted by Crippen LogP contribution is -2.24. The minimum absolute atomic E-state index is 0.0921. The number of para-hydroxylation sites is 1. The van der Waals surface area contributed by atoms with Crippen LogP contribution in [0.1, 0.15) is 28.9 Å². The average Bonchev–Trinajstić information content (AvgIpc) is 2.91. The maximum atomic E-state index is 12.8. The maximum Gasteiger partial charge on any atom is 0.261 e. The summed E-state index contributed by atoms with van der Waals surface area (Å²) in [6.07, 6.45) is 2.49. The number of carbonyl (C=O) groups excluding carboxylic acids is 1. The van der Waals surface area contributed by atoms with Crippen molar-refractivity contribution in [1.29, 1.82) is 0 Å². The summed E-state index contributed by atoms with van der Waals surface area (Å²) in [5.74, 6) is -0.496. The summed E-state index contributed by atoms with van der Waals surface area (Å²) in [7, 11) is 0. The Labute approximate surface area is 154 Å². The molecule has 0 saturated carbocycles. The van der Waals surface area contributed by atoms with Gasteiger partial charge in [0.25, 0.3) is 5.91 Å². The van der Waals surface area contributed by atoms with E-state index >= 15 is 0 Å². The normalized spacial score (nSPS) is 15.6. The highest BCUT2D eigenvalue weighted by Crippen LogP contribution is 2.32. The van der Waals surface area contributed by atoms with Crippen molar-refractivity contribution in [3.63, 3.8) is 0 Å². The minimum Gasteiger partial charge on any atom is -0.343 e. The Bertz CT molecular complexity index is 1090. The van der Waals surface area contributed by atoms with Crippen molar-refractivity contribution in [3.05, 3.63) is 74.0 Å². The van der Waals surface area contributed by atoms with Crippen LogP contribution in [0, 0.1) is 0 Å². The molecule has 4 rings (SSSR count). The summed E-state index contributed by atoms with van der Waals surface area (Å²) < 4.78 is 2.00. The number of hydrogen-bond acceptors (Lipinski definition) is 2. The van der Waals surface area contributed by atoms with E-state index in [1.54, 1.807) is 30.5 Å². The molecule has 6 heteroatoms. The molecular weight excluding hydrogens is 359 g/mol. The van der Waals surface area contributed by atoms with Gasteiger partial charge in [-0.2, -0.15) is 0 Å². The van der Waals surface area contributed by atoms with E-state index < -0.39 is 5.91 Å². The molecule has 1 amide bonds. The highest BCUT2D eigenvalue weighted by atomic mass is 35.5. The average molecular weight is 373 g/mol. The fourth-order valence-electron chi connectivity index (χ4n) is 3.37. The fraction of sp³-hybridized carbons (Fsp3) is 0.158. The van der Waals surface area contributed by atoms with Crippen LogP contribution in [0.25, 0.3) is 10.9 Å². The van der Waals surface area contributed by atoms with Gasteiger partial charge in [0.1, 0.15) is 5.56 Å². The standard InChI is InChI=1S/C19H14Cl2N2O2/c1-10-8-11-4-2-5-12-17(11)23(10)9-13(18(12)24)19(25)22-15-7-3-6-14(20)16(15)21/h2-7,9-10H,8H2,1H3,(H,22,25). The van der Waals surface area contributed by atoms with Crippen molar-refractivity contribution < 1.29 is 4.79 Å². The monoisotopic (exact) mass is 372 g/mol. The van der Waals surface area contributed by atoms with Gasteiger partial charge in [0.05, 0.1) is 21.2 Å². The molecule has 1 aliphatic heterocycles. The molecule has 126 valence electrons. The number of rotatable bonds is 2. The van der Waals surface area contributed by atoms with E-state index in [4.69, 9.17) is 23.2 Å². The Morgan fingerprint density at radius 2 is 1.96 bits per heavy atom. The SMILES string of the molecule is CC1Cc2cccc3c(=O)c(C(=O)Nc4cccc(Cl)c4Cl)cn1c23. The van der Waals surface area contributed by atoms with E-state index in [1.165, 1.54) is 0 Å². The summed E-state index contributed by atoms with van der Waals surface area (Å²) in [5.41, 5.74) is 2.23. The molecule has 2 aromatic carbocycles. The van der Waals surface area contributed by atoms with Gasteiger partial charge in [-0.05, 0) is 37.1 Å². The Kier molecular flexibility index (Phi) is 3.82. The van der Waals surface area contributed by atoms with Gasteiger partial charge >= 0.3 is 0 Å². The van der Waals surface area contributed by atoms with Gasteiger partial charge in [0, 0.05) is 17.6 Å². The van der Waals surface area contributed by atoms with E-state index in [2.05, 4.69) is 12.2 Å². The Balaban J connectivity index is 1.83. The van der Waals surface area contributed by atoms with Crippen LogP contribution in [0.4, 0.5) is 5.69 Å². The number of nitrogens with one attached hydrogen (secondary N) is 1. The molecule has 0 spiro atoms. The molecule has 1 aliphatic rings. The Hall–Kier alpha value is -2.30. The zero-order valence-corrected chi connectivity index (χ0v) is 14.9.